The third kappa shape index (κ3) is 3.44. The van der Waals surface area contributed by atoms with Crippen LogP contribution in [-0.4, -0.2) is 15.9 Å². The van der Waals surface area contributed by atoms with E-state index in [1.807, 2.05) is 12.1 Å². The molecule has 0 unspecified atom stereocenters. The molecule has 3 aromatic rings. The van der Waals surface area contributed by atoms with Crippen molar-refractivity contribution in [3.63, 3.8) is 0 Å². The van der Waals surface area contributed by atoms with E-state index in [-0.39, 0.29) is 11.7 Å². The molecule has 0 spiro atoms. The zero-order valence-electron chi connectivity index (χ0n) is 11.8. The summed E-state index contributed by atoms with van der Waals surface area (Å²) < 4.78 is 13.1. The predicted octanol–water partition coefficient (Wildman–Crippen LogP) is 3.34. The van der Waals surface area contributed by atoms with Gasteiger partial charge in [-0.25, -0.2) is 4.39 Å². The molecular weight excluding hydrogens is 281 g/mol. The minimum absolute atomic E-state index is 0.118. The fraction of sp³-hybridized carbons (Fsp3) is 0.118. The summed E-state index contributed by atoms with van der Waals surface area (Å²) in [6.45, 7) is 0. The minimum atomic E-state index is -0.286. The molecule has 0 atom stereocenters. The monoisotopic (exact) mass is 295 g/mol. The highest BCUT2D eigenvalue weighted by molar-refractivity contribution is 5.92. The van der Waals surface area contributed by atoms with Gasteiger partial charge in [0, 0.05) is 24.5 Å². The Morgan fingerprint density at radius 3 is 2.68 bits per heavy atom. The van der Waals surface area contributed by atoms with Gasteiger partial charge in [-0.2, -0.15) is 0 Å². The van der Waals surface area contributed by atoms with E-state index >= 15 is 0 Å². The summed E-state index contributed by atoms with van der Waals surface area (Å²) in [5.41, 5.74) is 2.99. The number of nitrogens with zero attached hydrogens (tertiary/aromatic N) is 2. The maximum Gasteiger partial charge on any atom is 0.224 e. The van der Waals surface area contributed by atoms with Crippen molar-refractivity contribution in [1.29, 1.82) is 0 Å². The number of aromatic nitrogens is 2. The molecule has 110 valence electrons. The summed E-state index contributed by atoms with van der Waals surface area (Å²) >= 11 is 0. The molecule has 1 aromatic heterocycles. The number of anilines is 1. The van der Waals surface area contributed by atoms with Crippen LogP contribution >= 0.6 is 0 Å². The molecule has 0 aliphatic heterocycles. The number of aryl methyl sites for hydroxylation is 1. The molecule has 0 radical (unpaired) electrons. The molecule has 0 fully saturated rings. The molecule has 5 heteroatoms. The van der Waals surface area contributed by atoms with Gasteiger partial charge in [-0.3, -0.25) is 14.8 Å². The van der Waals surface area contributed by atoms with E-state index in [4.69, 9.17) is 0 Å². The lowest BCUT2D eigenvalue weighted by Gasteiger charge is -2.06. The normalized spacial score (nSPS) is 10.6. The van der Waals surface area contributed by atoms with E-state index in [2.05, 4.69) is 15.3 Å². The van der Waals surface area contributed by atoms with Gasteiger partial charge in [-0.1, -0.05) is 12.1 Å². The van der Waals surface area contributed by atoms with Crippen molar-refractivity contribution in [2.45, 2.75) is 12.8 Å². The lowest BCUT2D eigenvalue weighted by molar-refractivity contribution is -0.116. The number of benzene rings is 2. The van der Waals surface area contributed by atoms with Gasteiger partial charge in [0.15, 0.2) is 0 Å². The van der Waals surface area contributed by atoms with Crippen molar-refractivity contribution in [3.8, 4) is 0 Å². The van der Waals surface area contributed by atoms with Crippen molar-refractivity contribution in [2.24, 2.45) is 0 Å². The first-order valence-corrected chi connectivity index (χ1v) is 6.96. The average molecular weight is 295 g/mol. The first-order chi connectivity index (χ1) is 10.7. The number of fused-ring (bicyclic) bond motifs is 1. The van der Waals surface area contributed by atoms with E-state index in [0.717, 1.165) is 16.6 Å². The number of rotatable bonds is 4. The first-order valence-electron chi connectivity index (χ1n) is 6.96. The van der Waals surface area contributed by atoms with Crippen LogP contribution in [-0.2, 0) is 11.2 Å². The summed E-state index contributed by atoms with van der Waals surface area (Å²) in [5.74, 6) is -0.404. The third-order valence-electron chi connectivity index (χ3n) is 3.28. The molecular formula is C17H14FN3O. The summed E-state index contributed by atoms with van der Waals surface area (Å²) in [4.78, 5) is 20.3. The second-order valence-corrected chi connectivity index (χ2v) is 4.94. The molecule has 0 aliphatic carbocycles. The second kappa shape index (κ2) is 6.30. The topological polar surface area (TPSA) is 54.9 Å². The number of halogens is 1. The van der Waals surface area contributed by atoms with Gasteiger partial charge in [0.25, 0.3) is 0 Å². The third-order valence-corrected chi connectivity index (χ3v) is 3.28. The fourth-order valence-electron chi connectivity index (χ4n) is 2.21. The van der Waals surface area contributed by atoms with Crippen LogP contribution in [0.4, 0.5) is 10.1 Å². The van der Waals surface area contributed by atoms with Gasteiger partial charge in [-0.15, -0.1) is 0 Å². The van der Waals surface area contributed by atoms with Crippen LogP contribution in [0, 0.1) is 5.82 Å². The lowest BCUT2D eigenvalue weighted by Crippen LogP contribution is -2.12. The zero-order chi connectivity index (χ0) is 15.4. The predicted molar refractivity (Wildman–Crippen MR) is 82.9 cm³/mol. The summed E-state index contributed by atoms with van der Waals surface area (Å²) in [7, 11) is 0. The molecule has 0 saturated heterocycles. The SMILES string of the molecule is O=C(CCc1cccc(F)c1)Nc1ccc2nccnc2c1. The van der Waals surface area contributed by atoms with Crippen LogP contribution in [0.25, 0.3) is 11.0 Å². The van der Waals surface area contributed by atoms with Crippen molar-refractivity contribution in [2.75, 3.05) is 5.32 Å². The molecule has 1 heterocycles. The molecule has 0 aliphatic rings. The van der Waals surface area contributed by atoms with Gasteiger partial charge in [0.1, 0.15) is 5.82 Å². The zero-order valence-corrected chi connectivity index (χ0v) is 11.8. The largest absolute Gasteiger partial charge is 0.326 e. The van der Waals surface area contributed by atoms with Crippen molar-refractivity contribution in [1.82, 2.24) is 9.97 Å². The summed E-state index contributed by atoms with van der Waals surface area (Å²) in [6.07, 6.45) is 4.02. The highest BCUT2D eigenvalue weighted by Gasteiger charge is 2.05. The molecule has 4 nitrogen and oxygen atoms in total. The fourth-order valence-corrected chi connectivity index (χ4v) is 2.21. The van der Waals surface area contributed by atoms with Crippen LogP contribution in [0.1, 0.15) is 12.0 Å². The summed E-state index contributed by atoms with van der Waals surface area (Å²) in [6, 6.07) is 11.7. The Bertz CT molecular complexity index is 820. The highest BCUT2D eigenvalue weighted by Crippen LogP contribution is 2.15. The van der Waals surface area contributed by atoms with E-state index in [1.165, 1.54) is 12.1 Å². The van der Waals surface area contributed by atoms with Crippen LogP contribution in [0.5, 0.6) is 0 Å². The van der Waals surface area contributed by atoms with Gasteiger partial charge in [0.2, 0.25) is 5.91 Å². The van der Waals surface area contributed by atoms with Crippen molar-refractivity contribution < 1.29 is 9.18 Å². The number of hydrogen-bond acceptors (Lipinski definition) is 3. The molecule has 1 N–H and O–H groups in total. The highest BCUT2D eigenvalue weighted by atomic mass is 19.1. The molecule has 22 heavy (non-hydrogen) atoms. The standard InChI is InChI=1S/C17H14FN3O/c18-13-3-1-2-12(10-13)4-7-17(22)21-14-5-6-15-16(11-14)20-9-8-19-15/h1-3,5-6,8-11H,4,7H2,(H,21,22). The van der Waals surface area contributed by atoms with E-state index in [0.29, 0.717) is 18.5 Å². The smallest absolute Gasteiger partial charge is 0.224 e. The Kier molecular flexibility index (Phi) is 4.05. The van der Waals surface area contributed by atoms with Crippen LogP contribution in [0.3, 0.4) is 0 Å². The first kappa shape index (κ1) is 14.1. The Hall–Kier alpha value is -2.82. The Morgan fingerprint density at radius 2 is 1.86 bits per heavy atom. The lowest BCUT2D eigenvalue weighted by atomic mass is 10.1. The van der Waals surface area contributed by atoms with Gasteiger partial charge >= 0.3 is 0 Å². The summed E-state index contributed by atoms with van der Waals surface area (Å²) in [5, 5.41) is 2.82. The average Bonchev–Trinajstić information content (AvgIpc) is 2.53. The Morgan fingerprint density at radius 1 is 1.05 bits per heavy atom. The second-order valence-electron chi connectivity index (χ2n) is 4.94. The number of carbonyl (C=O) groups is 1. The van der Waals surface area contributed by atoms with Crippen LogP contribution in [0.2, 0.25) is 0 Å². The van der Waals surface area contributed by atoms with Crippen molar-refractivity contribution >= 4 is 22.6 Å². The molecule has 2 aromatic carbocycles. The van der Waals surface area contributed by atoms with Gasteiger partial charge in [0.05, 0.1) is 11.0 Å². The van der Waals surface area contributed by atoms with Gasteiger partial charge < -0.3 is 5.32 Å². The van der Waals surface area contributed by atoms with Crippen LogP contribution in [0.15, 0.2) is 54.9 Å². The van der Waals surface area contributed by atoms with Gasteiger partial charge in [-0.05, 0) is 42.3 Å². The quantitative estimate of drug-likeness (QED) is 0.803. The maximum atomic E-state index is 13.1. The molecule has 0 saturated carbocycles. The van der Waals surface area contributed by atoms with E-state index < -0.39 is 0 Å². The van der Waals surface area contributed by atoms with Crippen molar-refractivity contribution in [3.05, 3.63) is 66.2 Å². The molecule has 0 bridgehead atoms. The number of amides is 1. The number of nitrogens with one attached hydrogen (secondary N) is 1. The molecule has 3 rings (SSSR count). The van der Waals surface area contributed by atoms with E-state index in [9.17, 15) is 9.18 Å². The van der Waals surface area contributed by atoms with E-state index in [1.54, 1.807) is 30.6 Å². The minimum Gasteiger partial charge on any atom is -0.326 e. The Labute approximate surface area is 127 Å². The maximum absolute atomic E-state index is 13.1. The number of carbonyl (C=O) groups excluding carboxylic acids is 1. The molecule has 1 amide bonds. The number of hydrogen-bond donors (Lipinski definition) is 1. The Balaban J connectivity index is 1.63. The van der Waals surface area contributed by atoms with Crippen LogP contribution < -0.4 is 5.32 Å².